The lowest BCUT2D eigenvalue weighted by molar-refractivity contribution is 0.157. The van der Waals surface area contributed by atoms with E-state index in [4.69, 9.17) is 0 Å². The third-order valence-electron chi connectivity index (χ3n) is 2.98. The number of hydrogen-bond donors (Lipinski definition) is 0. The van der Waals surface area contributed by atoms with Crippen molar-refractivity contribution >= 4 is 0 Å². The van der Waals surface area contributed by atoms with E-state index in [9.17, 15) is 0 Å². The Morgan fingerprint density at radius 3 is 3.15 bits per heavy atom. The molecule has 1 aliphatic heterocycles. The highest BCUT2D eigenvalue weighted by Gasteiger charge is 2.19. The van der Waals surface area contributed by atoms with Gasteiger partial charge in [-0.3, -0.25) is 9.58 Å². The van der Waals surface area contributed by atoms with E-state index in [-0.39, 0.29) is 0 Å². The Morgan fingerprint density at radius 2 is 2.38 bits per heavy atom. The second-order valence-corrected chi connectivity index (χ2v) is 3.77. The summed E-state index contributed by atoms with van der Waals surface area (Å²) in [5.41, 5.74) is 1.35. The average molecular weight is 179 g/mol. The molecule has 0 N–H and O–H groups in total. The standard InChI is InChI=1S/C10H17N3/c1-3-9(2)12-6-7-13-10(8-12)4-5-11-13/h4-5,9H,3,6-8H2,1-2H3. The first-order valence-corrected chi connectivity index (χ1v) is 5.06. The van der Waals surface area contributed by atoms with Gasteiger partial charge in [0.1, 0.15) is 0 Å². The Balaban J connectivity index is 2.08. The van der Waals surface area contributed by atoms with Crippen molar-refractivity contribution in [3.05, 3.63) is 18.0 Å². The molecule has 0 bridgehead atoms. The largest absolute Gasteiger partial charge is 0.293 e. The molecule has 3 nitrogen and oxygen atoms in total. The maximum Gasteiger partial charge on any atom is 0.0540 e. The number of aromatic nitrogens is 2. The van der Waals surface area contributed by atoms with Crippen molar-refractivity contribution in [1.82, 2.24) is 14.7 Å². The van der Waals surface area contributed by atoms with Crippen LogP contribution in [-0.2, 0) is 13.1 Å². The molecule has 1 atom stereocenters. The summed E-state index contributed by atoms with van der Waals surface area (Å²) in [6, 6.07) is 2.82. The third-order valence-corrected chi connectivity index (χ3v) is 2.98. The summed E-state index contributed by atoms with van der Waals surface area (Å²) >= 11 is 0. The van der Waals surface area contributed by atoms with Crippen LogP contribution in [0.2, 0.25) is 0 Å². The summed E-state index contributed by atoms with van der Waals surface area (Å²) in [7, 11) is 0. The van der Waals surface area contributed by atoms with Gasteiger partial charge in [0, 0.05) is 25.3 Å². The lowest BCUT2D eigenvalue weighted by atomic mass is 10.2. The number of nitrogens with zero attached hydrogens (tertiary/aromatic N) is 3. The van der Waals surface area contributed by atoms with Gasteiger partial charge in [0.25, 0.3) is 0 Å². The fourth-order valence-electron chi connectivity index (χ4n) is 1.84. The van der Waals surface area contributed by atoms with Crippen LogP contribution in [0.1, 0.15) is 26.0 Å². The molecule has 1 aliphatic rings. The second-order valence-electron chi connectivity index (χ2n) is 3.77. The molecule has 1 aromatic rings. The quantitative estimate of drug-likeness (QED) is 0.686. The Morgan fingerprint density at radius 1 is 1.54 bits per heavy atom. The Hall–Kier alpha value is -0.830. The fourth-order valence-corrected chi connectivity index (χ4v) is 1.84. The topological polar surface area (TPSA) is 21.1 Å². The SMILES string of the molecule is CCC(C)N1CCn2nccc2C1. The van der Waals surface area contributed by atoms with E-state index in [1.54, 1.807) is 0 Å². The van der Waals surface area contributed by atoms with Crippen molar-refractivity contribution in [2.45, 2.75) is 39.4 Å². The van der Waals surface area contributed by atoms with E-state index in [1.807, 2.05) is 6.20 Å². The number of hydrogen-bond acceptors (Lipinski definition) is 2. The molecular formula is C10H17N3. The molecule has 72 valence electrons. The van der Waals surface area contributed by atoms with Gasteiger partial charge in [-0.25, -0.2) is 0 Å². The van der Waals surface area contributed by atoms with Gasteiger partial charge in [0.15, 0.2) is 0 Å². The molecule has 13 heavy (non-hydrogen) atoms. The van der Waals surface area contributed by atoms with Crippen LogP contribution in [0, 0.1) is 0 Å². The van der Waals surface area contributed by atoms with Crippen molar-refractivity contribution in [1.29, 1.82) is 0 Å². The molecule has 0 aromatic carbocycles. The minimum atomic E-state index is 0.698. The number of rotatable bonds is 2. The van der Waals surface area contributed by atoms with Gasteiger partial charge in [-0.2, -0.15) is 5.10 Å². The van der Waals surface area contributed by atoms with Crippen LogP contribution in [0.3, 0.4) is 0 Å². The van der Waals surface area contributed by atoms with Gasteiger partial charge in [-0.05, 0) is 19.4 Å². The minimum absolute atomic E-state index is 0.698. The Kier molecular flexibility index (Phi) is 2.36. The molecule has 0 saturated carbocycles. The van der Waals surface area contributed by atoms with Crippen molar-refractivity contribution in [3.8, 4) is 0 Å². The van der Waals surface area contributed by atoms with E-state index in [0.717, 1.165) is 19.6 Å². The van der Waals surface area contributed by atoms with Crippen LogP contribution < -0.4 is 0 Å². The molecule has 1 unspecified atom stereocenters. The van der Waals surface area contributed by atoms with Gasteiger partial charge in [0.05, 0.1) is 12.2 Å². The van der Waals surface area contributed by atoms with E-state index in [1.165, 1.54) is 12.1 Å². The zero-order valence-electron chi connectivity index (χ0n) is 8.40. The van der Waals surface area contributed by atoms with Crippen molar-refractivity contribution < 1.29 is 0 Å². The van der Waals surface area contributed by atoms with Crippen molar-refractivity contribution in [2.24, 2.45) is 0 Å². The normalized spacial score (nSPS) is 19.8. The monoisotopic (exact) mass is 179 g/mol. The molecular weight excluding hydrogens is 162 g/mol. The van der Waals surface area contributed by atoms with Gasteiger partial charge < -0.3 is 0 Å². The van der Waals surface area contributed by atoms with Gasteiger partial charge in [0.2, 0.25) is 0 Å². The van der Waals surface area contributed by atoms with Crippen LogP contribution in [0.25, 0.3) is 0 Å². The van der Waals surface area contributed by atoms with E-state index in [0.29, 0.717) is 6.04 Å². The summed E-state index contributed by atoms with van der Waals surface area (Å²) in [6.45, 7) is 7.80. The predicted molar refractivity (Wildman–Crippen MR) is 52.4 cm³/mol. The molecule has 0 aliphatic carbocycles. The summed E-state index contributed by atoms with van der Waals surface area (Å²) in [6.07, 6.45) is 3.13. The first-order chi connectivity index (χ1) is 6.31. The highest BCUT2D eigenvalue weighted by Crippen LogP contribution is 2.14. The summed E-state index contributed by atoms with van der Waals surface area (Å²) in [4.78, 5) is 2.52. The molecule has 1 aromatic heterocycles. The molecule has 0 radical (unpaired) electrons. The highest BCUT2D eigenvalue weighted by molar-refractivity contribution is 5.02. The lowest BCUT2D eigenvalue weighted by Crippen LogP contribution is -2.39. The lowest BCUT2D eigenvalue weighted by Gasteiger charge is -2.32. The van der Waals surface area contributed by atoms with E-state index < -0.39 is 0 Å². The molecule has 3 heteroatoms. The molecule has 0 fully saturated rings. The fraction of sp³-hybridized carbons (Fsp3) is 0.700. The predicted octanol–water partition coefficient (Wildman–Crippen LogP) is 1.50. The van der Waals surface area contributed by atoms with Crippen LogP contribution in [-0.4, -0.2) is 27.3 Å². The maximum atomic E-state index is 4.27. The van der Waals surface area contributed by atoms with E-state index >= 15 is 0 Å². The minimum Gasteiger partial charge on any atom is -0.293 e. The smallest absolute Gasteiger partial charge is 0.0540 e. The number of fused-ring (bicyclic) bond motifs is 1. The summed E-state index contributed by atoms with van der Waals surface area (Å²) in [5.74, 6) is 0. The van der Waals surface area contributed by atoms with Gasteiger partial charge in [-0.15, -0.1) is 0 Å². The zero-order valence-corrected chi connectivity index (χ0v) is 8.40. The summed E-state index contributed by atoms with van der Waals surface area (Å²) in [5, 5.41) is 4.27. The molecule has 0 saturated heterocycles. The third kappa shape index (κ3) is 1.61. The van der Waals surface area contributed by atoms with Crippen LogP contribution >= 0.6 is 0 Å². The van der Waals surface area contributed by atoms with Crippen molar-refractivity contribution in [3.63, 3.8) is 0 Å². The van der Waals surface area contributed by atoms with E-state index in [2.05, 4.69) is 34.6 Å². The zero-order chi connectivity index (χ0) is 9.26. The molecule has 0 spiro atoms. The highest BCUT2D eigenvalue weighted by atomic mass is 15.3. The average Bonchev–Trinajstić information content (AvgIpc) is 2.63. The Bertz CT molecular complexity index is 279. The van der Waals surface area contributed by atoms with Crippen LogP contribution in [0.5, 0.6) is 0 Å². The molecule has 2 heterocycles. The molecule has 0 amide bonds. The van der Waals surface area contributed by atoms with Crippen molar-refractivity contribution in [2.75, 3.05) is 6.54 Å². The molecule has 2 rings (SSSR count). The van der Waals surface area contributed by atoms with Crippen LogP contribution in [0.15, 0.2) is 12.3 Å². The first kappa shape index (κ1) is 8.75. The van der Waals surface area contributed by atoms with Crippen LogP contribution in [0.4, 0.5) is 0 Å². The van der Waals surface area contributed by atoms with Gasteiger partial charge in [-0.1, -0.05) is 6.92 Å². The maximum absolute atomic E-state index is 4.27. The second kappa shape index (κ2) is 3.50. The first-order valence-electron chi connectivity index (χ1n) is 5.06. The van der Waals surface area contributed by atoms with Gasteiger partial charge >= 0.3 is 0 Å². The Labute approximate surface area is 79.3 Å². The summed E-state index contributed by atoms with van der Waals surface area (Å²) < 4.78 is 2.11.